The molecule has 0 saturated heterocycles. The van der Waals surface area contributed by atoms with Gasteiger partial charge in [-0.2, -0.15) is 0 Å². The lowest BCUT2D eigenvalue weighted by Gasteiger charge is -2.16. The number of carbonyl (C=O) groups excluding carboxylic acids is 1. The molecule has 1 amide bonds. The third kappa shape index (κ3) is 4.78. The zero-order valence-corrected chi connectivity index (χ0v) is 16.6. The maximum absolute atomic E-state index is 12.4. The van der Waals surface area contributed by atoms with E-state index in [2.05, 4.69) is 32.2 Å². The third-order valence-electron chi connectivity index (χ3n) is 4.68. The van der Waals surface area contributed by atoms with Crippen molar-refractivity contribution in [2.75, 3.05) is 7.11 Å². The highest BCUT2D eigenvalue weighted by Crippen LogP contribution is 2.26. The minimum Gasteiger partial charge on any atom is -0.496 e. The van der Waals surface area contributed by atoms with Gasteiger partial charge in [0.25, 0.3) is 5.91 Å². The van der Waals surface area contributed by atoms with Gasteiger partial charge in [0.1, 0.15) is 18.1 Å². The maximum atomic E-state index is 12.4. The van der Waals surface area contributed by atoms with Crippen LogP contribution in [0.1, 0.15) is 52.9 Å². The van der Waals surface area contributed by atoms with Crippen LogP contribution in [0.4, 0.5) is 0 Å². The second kappa shape index (κ2) is 8.75. The Morgan fingerprint density at radius 3 is 2.50 bits per heavy atom. The summed E-state index contributed by atoms with van der Waals surface area (Å²) in [6.07, 6.45) is 0.893. The molecule has 0 saturated carbocycles. The summed E-state index contributed by atoms with van der Waals surface area (Å²) >= 11 is 0. The number of carbonyl (C=O) groups is 1. The van der Waals surface area contributed by atoms with Gasteiger partial charge in [-0.05, 0) is 75.1 Å². The highest BCUT2D eigenvalue weighted by atomic mass is 16.5. The Kier molecular flexibility index (Phi) is 6.67. The normalized spacial score (nSPS) is 11.8. The van der Waals surface area contributed by atoms with Crippen LogP contribution in [-0.2, 0) is 6.61 Å². The van der Waals surface area contributed by atoms with Gasteiger partial charge >= 0.3 is 0 Å². The smallest absolute Gasteiger partial charge is 0.251 e. The Balaban J connectivity index is 2.22. The van der Waals surface area contributed by atoms with Gasteiger partial charge in [-0.3, -0.25) is 4.79 Å². The minimum atomic E-state index is -0.0779. The number of hydrogen-bond acceptors (Lipinski definition) is 3. The van der Waals surface area contributed by atoms with E-state index >= 15 is 0 Å². The molecular weight excluding hydrogens is 326 g/mol. The predicted octanol–water partition coefficient (Wildman–Crippen LogP) is 4.73. The van der Waals surface area contributed by atoms with E-state index in [1.54, 1.807) is 13.2 Å². The zero-order chi connectivity index (χ0) is 19.3. The van der Waals surface area contributed by atoms with Crippen molar-refractivity contribution in [1.29, 1.82) is 0 Å². The van der Waals surface area contributed by atoms with Crippen LogP contribution in [0.15, 0.2) is 30.3 Å². The van der Waals surface area contributed by atoms with E-state index in [-0.39, 0.29) is 11.9 Å². The van der Waals surface area contributed by atoms with E-state index in [0.29, 0.717) is 17.9 Å². The summed E-state index contributed by atoms with van der Waals surface area (Å²) < 4.78 is 11.5. The molecule has 0 aliphatic carbocycles. The van der Waals surface area contributed by atoms with Crippen LogP contribution in [0.2, 0.25) is 0 Å². The van der Waals surface area contributed by atoms with Crippen LogP contribution >= 0.6 is 0 Å². The fourth-order valence-electron chi connectivity index (χ4n) is 2.75. The molecule has 0 heterocycles. The molecule has 0 aromatic heterocycles. The van der Waals surface area contributed by atoms with Crippen molar-refractivity contribution >= 4 is 5.91 Å². The molecule has 0 spiro atoms. The van der Waals surface area contributed by atoms with Crippen LogP contribution in [0.3, 0.4) is 0 Å². The van der Waals surface area contributed by atoms with Crippen LogP contribution in [0, 0.1) is 20.8 Å². The molecule has 0 aliphatic rings. The van der Waals surface area contributed by atoms with E-state index < -0.39 is 0 Å². The molecule has 1 atom stereocenters. The minimum absolute atomic E-state index is 0.0779. The number of methoxy groups -OCH3 is 1. The predicted molar refractivity (Wildman–Crippen MR) is 105 cm³/mol. The lowest BCUT2D eigenvalue weighted by atomic mass is 10.1. The fraction of sp³-hybridized carbons (Fsp3) is 0.409. The molecule has 2 aromatic rings. The summed E-state index contributed by atoms with van der Waals surface area (Å²) in [5, 5.41) is 2.99. The van der Waals surface area contributed by atoms with E-state index in [0.717, 1.165) is 28.9 Å². The molecule has 1 N–H and O–H groups in total. The zero-order valence-electron chi connectivity index (χ0n) is 16.6. The van der Waals surface area contributed by atoms with Crippen LogP contribution in [0.5, 0.6) is 11.5 Å². The molecule has 140 valence electrons. The average Bonchev–Trinajstić information content (AvgIpc) is 2.62. The Labute approximate surface area is 156 Å². The first-order valence-electron chi connectivity index (χ1n) is 9.04. The fourth-order valence-corrected chi connectivity index (χ4v) is 2.75. The molecule has 2 rings (SSSR count). The summed E-state index contributed by atoms with van der Waals surface area (Å²) in [6.45, 7) is 10.6. The van der Waals surface area contributed by atoms with E-state index in [4.69, 9.17) is 9.47 Å². The van der Waals surface area contributed by atoms with Crippen LogP contribution in [-0.4, -0.2) is 19.1 Å². The first-order valence-corrected chi connectivity index (χ1v) is 9.04. The Hall–Kier alpha value is -2.49. The van der Waals surface area contributed by atoms with Gasteiger partial charge in [0.2, 0.25) is 0 Å². The van der Waals surface area contributed by atoms with Crippen molar-refractivity contribution in [1.82, 2.24) is 5.32 Å². The molecule has 4 heteroatoms. The number of nitrogens with one attached hydrogen (secondary N) is 1. The third-order valence-corrected chi connectivity index (χ3v) is 4.68. The molecular formula is C22H29NO3. The first kappa shape index (κ1) is 19.8. The van der Waals surface area contributed by atoms with Gasteiger partial charge in [0.15, 0.2) is 0 Å². The van der Waals surface area contributed by atoms with Crippen molar-refractivity contribution in [2.45, 2.75) is 53.7 Å². The van der Waals surface area contributed by atoms with Gasteiger partial charge in [-0.25, -0.2) is 0 Å². The summed E-state index contributed by atoms with van der Waals surface area (Å²) in [4.78, 5) is 12.4. The number of hydrogen-bond donors (Lipinski definition) is 1. The monoisotopic (exact) mass is 355 g/mol. The number of aryl methyl sites for hydroxylation is 2. The molecule has 26 heavy (non-hydrogen) atoms. The number of amides is 1. The summed E-state index contributed by atoms with van der Waals surface area (Å²) in [5.41, 5.74) is 4.95. The van der Waals surface area contributed by atoms with E-state index in [1.165, 1.54) is 5.56 Å². The highest BCUT2D eigenvalue weighted by molar-refractivity contribution is 5.94. The van der Waals surface area contributed by atoms with Crippen LogP contribution in [0.25, 0.3) is 0 Å². The van der Waals surface area contributed by atoms with Gasteiger partial charge in [0.05, 0.1) is 7.11 Å². The lowest BCUT2D eigenvalue weighted by Crippen LogP contribution is -2.31. The highest BCUT2D eigenvalue weighted by Gasteiger charge is 2.13. The molecule has 0 fully saturated rings. The molecule has 0 bridgehead atoms. The summed E-state index contributed by atoms with van der Waals surface area (Å²) in [5.74, 6) is 1.50. The lowest BCUT2D eigenvalue weighted by molar-refractivity contribution is 0.0939. The van der Waals surface area contributed by atoms with Gasteiger partial charge < -0.3 is 14.8 Å². The molecule has 4 nitrogen and oxygen atoms in total. The van der Waals surface area contributed by atoms with E-state index in [1.807, 2.05) is 32.0 Å². The largest absolute Gasteiger partial charge is 0.496 e. The Morgan fingerprint density at radius 2 is 1.85 bits per heavy atom. The van der Waals surface area contributed by atoms with Gasteiger partial charge in [0, 0.05) is 17.2 Å². The summed E-state index contributed by atoms with van der Waals surface area (Å²) in [6, 6.07) is 9.76. The van der Waals surface area contributed by atoms with Gasteiger partial charge in [-0.1, -0.05) is 13.0 Å². The quantitative estimate of drug-likeness (QED) is 0.781. The summed E-state index contributed by atoms with van der Waals surface area (Å²) in [7, 11) is 1.62. The number of ether oxygens (including phenoxy) is 2. The van der Waals surface area contributed by atoms with Crippen molar-refractivity contribution in [3.8, 4) is 11.5 Å². The van der Waals surface area contributed by atoms with Crippen molar-refractivity contribution < 1.29 is 14.3 Å². The van der Waals surface area contributed by atoms with Gasteiger partial charge in [-0.15, -0.1) is 0 Å². The standard InChI is InChI=1S/C22H29NO3/c1-7-16(4)23-22(24)18-8-9-20(25-6)19(12-18)13-26-21-11-14(2)10-15(3)17(21)5/h8-12,16H,7,13H2,1-6H3,(H,23,24). The van der Waals surface area contributed by atoms with Crippen molar-refractivity contribution in [3.05, 3.63) is 58.1 Å². The number of rotatable bonds is 7. The first-order chi connectivity index (χ1) is 12.3. The topological polar surface area (TPSA) is 47.6 Å². The number of benzene rings is 2. The Bertz CT molecular complexity index is 783. The maximum Gasteiger partial charge on any atom is 0.251 e. The second-order valence-corrected chi connectivity index (χ2v) is 6.80. The van der Waals surface area contributed by atoms with E-state index in [9.17, 15) is 4.79 Å². The average molecular weight is 355 g/mol. The molecule has 0 aliphatic heterocycles. The van der Waals surface area contributed by atoms with Crippen molar-refractivity contribution in [3.63, 3.8) is 0 Å². The molecule has 1 unspecified atom stereocenters. The molecule has 2 aromatic carbocycles. The van der Waals surface area contributed by atoms with Crippen LogP contribution < -0.4 is 14.8 Å². The SMILES string of the molecule is CCC(C)NC(=O)c1ccc(OC)c(COc2cc(C)cc(C)c2C)c1. The second-order valence-electron chi connectivity index (χ2n) is 6.80. The van der Waals surface area contributed by atoms with Crippen molar-refractivity contribution in [2.24, 2.45) is 0 Å². The Morgan fingerprint density at radius 1 is 1.12 bits per heavy atom. The molecule has 0 radical (unpaired) electrons.